The Morgan fingerprint density at radius 2 is 2.56 bits per heavy atom. The number of aromatic nitrogens is 1. The lowest BCUT2D eigenvalue weighted by Crippen LogP contribution is -1.79. The van der Waals surface area contributed by atoms with Crippen LogP contribution < -0.4 is 0 Å². The fourth-order valence-corrected chi connectivity index (χ4v) is 0.800. The predicted molar refractivity (Wildman–Crippen MR) is 35.7 cm³/mol. The standard InChI is InChI=1S/C6H8ClNO/c1-5-8-4-6(9-5)2-3-7/h4H,2-3H2,1H3. The molecule has 0 aliphatic carbocycles. The van der Waals surface area contributed by atoms with Crippen LogP contribution in [0.2, 0.25) is 0 Å². The first-order chi connectivity index (χ1) is 4.33. The minimum atomic E-state index is 0.592. The minimum absolute atomic E-state index is 0.592. The molecule has 0 amide bonds. The highest BCUT2D eigenvalue weighted by Gasteiger charge is 1.96. The van der Waals surface area contributed by atoms with Gasteiger partial charge in [0.25, 0.3) is 0 Å². The molecule has 0 aliphatic heterocycles. The third kappa shape index (κ3) is 1.72. The lowest BCUT2D eigenvalue weighted by atomic mass is 10.4. The SMILES string of the molecule is Cc1ncc(CCCl)o1. The molecule has 0 aliphatic rings. The van der Waals surface area contributed by atoms with Gasteiger partial charge >= 0.3 is 0 Å². The summed E-state index contributed by atoms with van der Waals surface area (Å²) in [5, 5.41) is 0. The molecule has 0 unspecified atom stereocenters. The number of hydrogen-bond acceptors (Lipinski definition) is 2. The van der Waals surface area contributed by atoms with Gasteiger partial charge in [0.2, 0.25) is 0 Å². The van der Waals surface area contributed by atoms with E-state index in [0.29, 0.717) is 11.8 Å². The van der Waals surface area contributed by atoms with Crippen LogP contribution in [0.4, 0.5) is 0 Å². The quantitative estimate of drug-likeness (QED) is 0.593. The van der Waals surface area contributed by atoms with Gasteiger partial charge in [-0.1, -0.05) is 0 Å². The number of alkyl halides is 1. The third-order valence-electron chi connectivity index (χ3n) is 1.01. The molecule has 9 heavy (non-hydrogen) atoms. The first-order valence-electron chi connectivity index (χ1n) is 2.80. The minimum Gasteiger partial charge on any atom is -0.446 e. The van der Waals surface area contributed by atoms with Gasteiger partial charge in [0.1, 0.15) is 5.76 Å². The van der Waals surface area contributed by atoms with Gasteiger partial charge in [-0.3, -0.25) is 0 Å². The van der Waals surface area contributed by atoms with Crippen molar-refractivity contribution in [2.24, 2.45) is 0 Å². The molecule has 0 radical (unpaired) electrons. The van der Waals surface area contributed by atoms with Gasteiger partial charge in [-0.05, 0) is 0 Å². The van der Waals surface area contributed by atoms with E-state index in [-0.39, 0.29) is 0 Å². The maximum Gasteiger partial charge on any atom is 0.191 e. The van der Waals surface area contributed by atoms with E-state index in [2.05, 4.69) is 4.98 Å². The second-order valence-electron chi connectivity index (χ2n) is 1.78. The smallest absolute Gasteiger partial charge is 0.191 e. The van der Waals surface area contributed by atoms with Crippen molar-refractivity contribution in [1.29, 1.82) is 0 Å². The number of halogens is 1. The summed E-state index contributed by atoms with van der Waals surface area (Å²) >= 11 is 5.46. The van der Waals surface area contributed by atoms with Gasteiger partial charge in [0.15, 0.2) is 5.89 Å². The van der Waals surface area contributed by atoms with E-state index in [1.807, 2.05) is 6.92 Å². The van der Waals surface area contributed by atoms with Crippen LogP contribution in [-0.2, 0) is 6.42 Å². The van der Waals surface area contributed by atoms with Crippen molar-refractivity contribution < 1.29 is 4.42 Å². The zero-order valence-electron chi connectivity index (χ0n) is 5.22. The number of oxazole rings is 1. The zero-order valence-corrected chi connectivity index (χ0v) is 5.98. The number of nitrogens with zero attached hydrogens (tertiary/aromatic N) is 1. The average molecular weight is 146 g/mol. The van der Waals surface area contributed by atoms with Crippen LogP contribution in [0.25, 0.3) is 0 Å². The maximum atomic E-state index is 5.46. The van der Waals surface area contributed by atoms with Gasteiger partial charge in [0.05, 0.1) is 6.20 Å². The lowest BCUT2D eigenvalue weighted by Gasteiger charge is -1.84. The summed E-state index contributed by atoms with van der Waals surface area (Å²) < 4.78 is 5.13. The molecular formula is C6H8ClNO. The van der Waals surface area contributed by atoms with Crippen LogP contribution in [0.1, 0.15) is 11.7 Å². The first-order valence-corrected chi connectivity index (χ1v) is 3.33. The van der Waals surface area contributed by atoms with Crippen molar-refractivity contribution in [3.63, 3.8) is 0 Å². The second-order valence-corrected chi connectivity index (χ2v) is 2.16. The fraction of sp³-hybridized carbons (Fsp3) is 0.500. The van der Waals surface area contributed by atoms with Crippen molar-refractivity contribution in [3.8, 4) is 0 Å². The number of hydrogen-bond donors (Lipinski definition) is 0. The summed E-state index contributed by atoms with van der Waals surface area (Å²) in [7, 11) is 0. The molecule has 0 saturated carbocycles. The molecule has 0 N–H and O–H groups in total. The molecule has 1 rings (SSSR count). The highest BCUT2D eigenvalue weighted by Crippen LogP contribution is 2.02. The predicted octanol–water partition coefficient (Wildman–Crippen LogP) is 1.76. The number of rotatable bonds is 2. The highest BCUT2D eigenvalue weighted by molar-refractivity contribution is 6.17. The third-order valence-corrected chi connectivity index (χ3v) is 1.20. The van der Waals surface area contributed by atoms with Crippen molar-refractivity contribution in [1.82, 2.24) is 4.98 Å². The van der Waals surface area contributed by atoms with Crippen LogP contribution in [-0.4, -0.2) is 10.9 Å². The maximum absolute atomic E-state index is 5.46. The van der Waals surface area contributed by atoms with Crippen LogP contribution in [0.5, 0.6) is 0 Å². The van der Waals surface area contributed by atoms with Crippen molar-refractivity contribution >= 4 is 11.6 Å². The Morgan fingerprint density at radius 3 is 3.00 bits per heavy atom. The Balaban J connectivity index is 2.61. The van der Waals surface area contributed by atoms with Crippen LogP contribution >= 0.6 is 11.6 Å². The van der Waals surface area contributed by atoms with Crippen molar-refractivity contribution in [2.45, 2.75) is 13.3 Å². The van der Waals surface area contributed by atoms with E-state index in [9.17, 15) is 0 Å². The fourth-order valence-electron chi connectivity index (χ4n) is 0.614. The molecule has 1 heterocycles. The molecule has 50 valence electrons. The normalized spacial score (nSPS) is 10.0. The summed E-state index contributed by atoms with van der Waals surface area (Å²) in [4.78, 5) is 3.91. The Kier molecular flexibility index (Phi) is 2.11. The van der Waals surface area contributed by atoms with E-state index in [1.54, 1.807) is 6.20 Å². The Bertz CT molecular complexity index is 185. The monoisotopic (exact) mass is 145 g/mol. The summed E-state index contributed by atoms with van der Waals surface area (Å²) in [6.45, 7) is 1.82. The molecule has 0 saturated heterocycles. The van der Waals surface area contributed by atoms with Gasteiger partial charge in [-0.15, -0.1) is 11.6 Å². The summed E-state index contributed by atoms with van der Waals surface area (Å²) in [6, 6.07) is 0. The molecule has 0 aromatic carbocycles. The molecule has 1 aromatic heterocycles. The number of aryl methyl sites for hydroxylation is 2. The van der Waals surface area contributed by atoms with Crippen LogP contribution in [0, 0.1) is 6.92 Å². The van der Waals surface area contributed by atoms with Gasteiger partial charge in [-0.25, -0.2) is 4.98 Å². The van der Waals surface area contributed by atoms with Gasteiger partial charge in [0, 0.05) is 19.2 Å². The molecule has 0 fully saturated rings. The van der Waals surface area contributed by atoms with E-state index >= 15 is 0 Å². The summed E-state index contributed by atoms with van der Waals surface area (Å²) in [6.07, 6.45) is 2.47. The molecule has 1 aromatic rings. The summed E-state index contributed by atoms with van der Waals surface area (Å²) in [5.41, 5.74) is 0. The van der Waals surface area contributed by atoms with Gasteiger partial charge < -0.3 is 4.42 Å². The summed E-state index contributed by atoms with van der Waals surface area (Å²) in [5.74, 6) is 2.16. The molecular weight excluding hydrogens is 138 g/mol. The van der Waals surface area contributed by atoms with Crippen LogP contribution in [0.15, 0.2) is 10.6 Å². The molecule has 0 bridgehead atoms. The first kappa shape index (κ1) is 6.62. The Hall–Kier alpha value is -0.500. The van der Waals surface area contributed by atoms with E-state index in [4.69, 9.17) is 16.0 Å². The molecule has 3 heteroatoms. The van der Waals surface area contributed by atoms with E-state index < -0.39 is 0 Å². The van der Waals surface area contributed by atoms with Crippen molar-refractivity contribution in [2.75, 3.05) is 5.88 Å². The topological polar surface area (TPSA) is 26.0 Å². The highest BCUT2D eigenvalue weighted by atomic mass is 35.5. The van der Waals surface area contributed by atoms with E-state index in [0.717, 1.165) is 12.2 Å². The molecule has 0 atom stereocenters. The second kappa shape index (κ2) is 2.87. The molecule has 0 spiro atoms. The van der Waals surface area contributed by atoms with E-state index in [1.165, 1.54) is 0 Å². The van der Waals surface area contributed by atoms with Gasteiger partial charge in [-0.2, -0.15) is 0 Å². The Labute approximate surface area is 58.8 Å². The van der Waals surface area contributed by atoms with Crippen LogP contribution in [0.3, 0.4) is 0 Å². The largest absolute Gasteiger partial charge is 0.446 e. The average Bonchev–Trinajstić information content (AvgIpc) is 2.17. The zero-order chi connectivity index (χ0) is 6.69. The molecule has 2 nitrogen and oxygen atoms in total. The Morgan fingerprint density at radius 1 is 1.78 bits per heavy atom. The lowest BCUT2D eigenvalue weighted by molar-refractivity contribution is 0.480. The van der Waals surface area contributed by atoms with Crippen molar-refractivity contribution in [3.05, 3.63) is 17.8 Å².